The minimum Gasteiger partial charge on any atom is -0.454 e. The minimum atomic E-state index is -0.817. The Kier molecular flexibility index (Phi) is 8.40. The lowest BCUT2D eigenvalue weighted by atomic mass is 10.0. The summed E-state index contributed by atoms with van der Waals surface area (Å²) >= 11 is 0. The number of hydrogen-bond acceptors (Lipinski definition) is 4. The van der Waals surface area contributed by atoms with Crippen LogP contribution in [0.1, 0.15) is 31.9 Å². The minimum absolute atomic E-state index is 0.172. The predicted molar refractivity (Wildman–Crippen MR) is 112 cm³/mol. The second kappa shape index (κ2) is 11.0. The number of rotatable bonds is 9. The molecule has 0 aliphatic rings. The summed E-state index contributed by atoms with van der Waals surface area (Å²) in [5.41, 5.74) is 2.61. The van der Waals surface area contributed by atoms with E-state index in [4.69, 9.17) is 4.74 Å². The first-order valence-electron chi connectivity index (χ1n) is 9.77. The lowest BCUT2D eigenvalue weighted by Gasteiger charge is -2.20. The maximum atomic E-state index is 12.4. The first-order chi connectivity index (χ1) is 13.9. The van der Waals surface area contributed by atoms with Gasteiger partial charge in [-0.1, -0.05) is 63.2 Å². The standard InChI is InChI=1S/C23H28N2O4/c1-4-17-11-8-12-19(13-17)24-21(27)15-29-23(28)22(16(2)3)25-20(26)14-18-9-6-5-7-10-18/h5-13,16,22H,4,14-15H2,1-3H3,(H,24,27)(H,25,26)/t22-/m0/s1. The van der Waals surface area contributed by atoms with Crippen molar-refractivity contribution < 1.29 is 19.1 Å². The van der Waals surface area contributed by atoms with Crippen LogP contribution in [0.5, 0.6) is 0 Å². The molecule has 0 aliphatic heterocycles. The number of benzene rings is 2. The Morgan fingerprint density at radius 3 is 2.28 bits per heavy atom. The van der Waals surface area contributed by atoms with Crippen molar-refractivity contribution in [2.75, 3.05) is 11.9 Å². The molecule has 0 bridgehead atoms. The Morgan fingerprint density at radius 1 is 0.931 bits per heavy atom. The first-order valence-corrected chi connectivity index (χ1v) is 9.77. The highest BCUT2D eigenvalue weighted by Crippen LogP contribution is 2.11. The van der Waals surface area contributed by atoms with E-state index in [-0.39, 0.29) is 18.2 Å². The van der Waals surface area contributed by atoms with Crippen LogP contribution in [0.4, 0.5) is 5.69 Å². The van der Waals surface area contributed by atoms with E-state index < -0.39 is 24.5 Å². The number of aryl methyl sites for hydroxylation is 1. The van der Waals surface area contributed by atoms with E-state index >= 15 is 0 Å². The number of amides is 2. The maximum Gasteiger partial charge on any atom is 0.329 e. The molecule has 6 nitrogen and oxygen atoms in total. The summed E-state index contributed by atoms with van der Waals surface area (Å²) in [6.45, 7) is 5.24. The number of carbonyl (C=O) groups is 3. The van der Waals surface area contributed by atoms with Gasteiger partial charge in [0.1, 0.15) is 6.04 Å². The largest absolute Gasteiger partial charge is 0.454 e. The van der Waals surface area contributed by atoms with Crippen LogP contribution in [-0.2, 0) is 32.0 Å². The molecule has 0 radical (unpaired) electrons. The SMILES string of the molecule is CCc1cccc(NC(=O)COC(=O)[C@@H](NC(=O)Cc2ccccc2)C(C)C)c1. The van der Waals surface area contributed by atoms with Crippen LogP contribution in [-0.4, -0.2) is 30.4 Å². The average molecular weight is 396 g/mol. The van der Waals surface area contributed by atoms with E-state index in [1.54, 1.807) is 6.07 Å². The lowest BCUT2D eigenvalue weighted by molar-refractivity contribution is -0.151. The van der Waals surface area contributed by atoms with Crippen LogP contribution in [0, 0.1) is 5.92 Å². The van der Waals surface area contributed by atoms with Gasteiger partial charge in [-0.25, -0.2) is 4.79 Å². The van der Waals surface area contributed by atoms with E-state index in [0.29, 0.717) is 5.69 Å². The molecule has 0 spiro atoms. The summed E-state index contributed by atoms with van der Waals surface area (Å²) in [5, 5.41) is 5.42. The van der Waals surface area contributed by atoms with Crippen LogP contribution in [0.2, 0.25) is 0 Å². The summed E-state index contributed by atoms with van der Waals surface area (Å²) < 4.78 is 5.14. The van der Waals surface area contributed by atoms with E-state index in [1.165, 1.54) is 0 Å². The molecule has 0 aromatic heterocycles. The molecular formula is C23H28N2O4. The van der Waals surface area contributed by atoms with E-state index in [2.05, 4.69) is 10.6 Å². The van der Waals surface area contributed by atoms with Crippen LogP contribution in [0.15, 0.2) is 54.6 Å². The number of hydrogen-bond donors (Lipinski definition) is 2. The highest BCUT2D eigenvalue weighted by molar-refractivity contribution is 5.93. The molecule has 0 heterocycles. The molecular weight excluding hydrogens is 368 g/mol. The third-order valence-corrected chi connectivity index (χ3v) is 4.41. The molecule has 0 saturated carbocycles. The van der Waals surface area contributed by atoms with Gasteiger partial charge in [-0.2, -0.15) is 0 Å². The Bertz CT molecular complexity index is 834. The zero-order valence-electron chi connectivity index (χ0n) is 17.1. The van der Waals surface area contributed by atoms with Crippen molar-refractivity contribution in [2.45, 2.75) is 39.7 Å². The Labute approximate surface area is 171 Å². The van der Waals surface area contributed by atoms with Gasteiger partial charge in [-0.15, -0.1) is 0 Å². The monoisotopic (exact) mass is 396 g/mol. The molecule has 154 valence electrons. The fourth-order valence-electron chi connectivity index (χ4n) is 2.80. The van der Waals surface area contributed by atoms with Gasteiger partial charge in [0.2, 0.25) is 5.91 Å². The fourth-order valence-corrected chi connectivity index (χ4v) is 2.80. The van der Waals surface area contributed by atoms with Crippen molar-refractivity contribution in [3.63, 3.8) is 0 Å². The molecule has 2 N–H and O–H groups in total. The van der Waals surface area contributed by atoms with Crippen molar-refractivity contribution in [1.82, 2.24) is 5.32 Å². The molecule has 2 amide bonds. The second-order valence-electron chi connectivity index (χ2n) is 7.16. The van der Waals surface area contributed by atoms with E-state index in [9.17, 15) is 14.4 Å². The van der Waals surface area contributed by atoms with Crippen LogP contribution < -0.4 is 10.6 Å². The molecule has 2 aromatic rings. The molecule has 0 saturated heterocycles. The molecule has 1 atom stereocenters. The van der Waals surface area contributed by atoms with Gasteiger partial charge in [0.25, 0.3) is 5.91 Å². The summed E-state index contributed by atoms with van der Waals surface area (Å²) in [6, 6.07) is 15.9. The van der Waals surface area contributed by atoms with Gasteiger partial charge in [-0.05, 0) is 35.6 Å². The topological polar surface area (TPSA) is 84.5 Å². The maximum absolute atomic E-state index is 12.4. The quantitative estimate of drug-likeness (QED) is 0.638. The normalized spacial score (nSPS) is 11.6. The molecule has 0 aliphatic carbocycles. The van der Waals surface area contributed by atoms with Gasteiger partial charge in [0, 0.05) is 5.69 Å². The molecule has 2 aromatic carbocycles. The summed E-state index contributed by atoms with van der Waals surface area (Å²) in [6.07, 6.45) is 1.03. The van der Waals surface area contributed by atoms with Gasteiger partial charge in [0.15, 0.2) is 6.61 Å². The van der Waals surface area contributed by atoms with Gasteiger partial charge < -0.3 is 15.4 Å². The lowest BCUT2D eigenvalue weighted by Crippen LogP contribution is -2.46. The number of esters is 1. The zero-order chi connectivity index (χ0) is 21.2. The molecule has 0 unspecified atom stereocenters. The Balaban J connectivity index is 1.86. The number of nitrogens with one attached hydrogen (secondary N) is 2. The fraction of sp³-hybridized carbons (Fsp3) is 0.348. The number of anilines is 1. The van der Waals surface area contributed by atoms with Crippen LogP contribution in [0.3, 0.4) is 0 Å². The van der Waals surface area contributed by atoms with Crippen LogP contribution >= 0.6 is 0 Å². The Hall–Kier alpha value is -3.15. The third kappa shape index (κ3) is 7.41. The van der Waals surface area contributed by atoms with Crippen molar-refractivity contribution in [2.24, 2.45) is 5.92 Å². The predicted octanol–water partition coefficient (Wildman–Crippen LogP) is 3.11. The molecule has 0 fully saturated rings. The Morgan fingerprint density at radius 2 is 1.62 bits per heavy atom. The van der Waals surface area contributed by atoms with Gasteiger partial charge >= 0.3 is 5.97 Å². The van der Waals surface area contributed by atoms with Gasteiger partial charge in [0.05, 0.1) is 6.42 Å². The number of carbonyl (C=O) groups excluding carboxylic acids is 3. The smallest absolute Gasteiger partial charge is 0.329 e. The average Bonchev–Trinajstić information content (AvgIpc) is 2.71. The first kappa shape index (κ1) is 22.1. The second-order valence-corrected chi connectivity index (χ2v) is 7.16. The molecule has 29 heavy (non-hydrogen) atoms. The molecule has 6 heteroatoms. The number of ether oxygens (including phenoxy) is 1. The van der Waals surface area contributed by atoms with Gasteiger partial charge in [-0.3, -0.25) is 9.59 Å². The summed E-state index contributed by atoms with van der Waals surface area (Å²) in [7, 11) is 0. The summed E-state index contributed by atoms with van der Waals surface area (Å²) in [5.74, 6) is -1.50. The third-order valence-electron chi connectivity index (χ3n) is 4.41. The highest BCUT2D eigenvalue weighted by atomic mass is 16.5. The van der Waals surface area contributed by atoms with Crippen molar-refractivity contribution in [3.05, 3.63) is 65.7 Å². The zero-order valence-corrected chi connectivity index (χ0v) is 17.1. The van der Waals surface area contributed by atoms with Crippen molar-refractivity contribution in [3.8, 4) is 0 Å². The van der Waals surface area contributed by atoms with E-state index in [1.807, 2.05) is 69.3 Å². The highest BCUT2D eigenvalue weighted by Gasteiger charge is 2.26. The van der Waals surface area contributed by atoms with Crippen molar-refractivity contribution in [1.29, 1.82) is 0 Å². The van der Waals surface area contributed by atoms with Crippen LogP contribution in [0.25, 0.3) is 0 Å². The van der Waals surface area contributed by atoms with Crippen molar-refractivity contribution >= 4 is 23.5 Å². The van der Waals surface area contributed by atoms with E-state index in [0.717, 1.165) is 17.5 Å². The summed E-state index contributed by atoms with van der Waals surface area (Å²) in [4.78, 5) is 36.8. The molecule has 2 rings (SSSR count).